The number of rotatable bonds is 9. The lowest BCUT2D eigenvalue weighted by Crippen LogP contribution is -2.34. The molecule has 0 N–H and O–H groups in total. The van der Waals surface area contributed by atoms with E-state index >= 15 is 0 Å². The van der Waals surface area contributed by atoms with Gasteiger partial charge in [0.25, 0.3) is 0 Å². The first kappa shape index (κ1) is 28.7. The fourth-order valence-corrected chi connectivity index (χ4v) is 5.35. The maximum Gasteiger partial charge on any atom is 0.309 e. The number of halogens is 1. The molecule has 0 aliphatic rings. The van der Waals surface area contributed by atoms with Crippen LogP contribution in [0, 0.1) is 5.21 Å². The van der Waals surface area contributed by atoms with E-state index in [9.17, 15) is 10.0 Å². The minimum Gasteiger partial charge on any atom is -0.618 e. The zero-order valence-electron chi connectivity index (χ0n) is 23.7. The van der Waals surface area contributed by atoms with Gasteiger partial charge in [-0.25, -0.2) is 0 Å². The van der Waals surface area contributed by atoms with E-state index in [1.165, 1.54) is 18.1 Å². The van der Waals surface area contributed by atoms with Gasteiger partial charge in [-0.3, -0.25) is 9.78 Å². The Hall–Kier alpha value is -5.41. The summed E-state index contributed by atoms with van der Waals surface area (Å²) in [5.74, 6) is -0.624. The van der Waals surface area contributed by atoms with Gasteiger partial charge in [0.05, 0.1) is 36.5 Å². The summed E-state index contributed by atoms with van der Waals surface area (Å²) in [6.07, 6.45) is 3.82. The lowest BCUT2D eigenvalue weighted by atomic mass is 9.91. The molecule has 3 aromatic heterocycles. The van der Waals surface area contributed by atoms with Gasteiger partial charge >= 0.3 is 5.97 Å². The second-order valence-electron chi connectivity index (χ2n) is 10.2. The highest BCUT2D eigenvalue weighted by atomic mass is 35.5. The average molecular weight is 603 g/mol. The number of benzene rings is 3. The normalized spacial score (nSPS) is 11.7. The second-order valence-corrected chi connectivity index (χ2v) is 10.7. The molecule has 0 bridgehead atoms. The first-order valence-electron chi connectivity index (χ1n) is 13.9. The highest BCUT2D eigenvalue weighted by Gasteiger charge is 2.25. The van der Waals surface area contributed by atoms with Gasteiger partial charge in [0.2, 0.25) is 5.69 Å². The lowest BCUT2D eigenvalue weighted by molar-refractivity contribution is -0.614. The maximum atomic E-state index is 13.8. The van der Waals surface area contributed by atoms with Crippen LogP contribution in [0.3, 0.4) is 0 Å². The number of methoxy groups -OCH3 is 1. The number of ether oxygens (including phenoxy) is 1. The average Bonchev–Trinajstić information content (AvgIpc) is 3.60. The van der Waals surface area contributed by atoms with E-state index in [4.69, 9.17) is 21.3 Å². The van der Waals surface area contributed by atoms with Crippen molar-refractivity contribution in [2.45, 2.75) is 18.8 Å². The summed E-state index contributed by atoms with van der Waals surface area (Å²) in [7, 11) is 1.38. The summed E-state index contributed by atoms with van der Waals surface area (Å²) in [6, 6.07) is 32.6. The summed E-state index contributed by atoms with van der Waals surface area (Å²) in [5.41, 5.74) is 7.01. The van der Waals surface area contributed by atoms with Crippen molar-refractivity contribution in [1.82, 2.24) is 25.2 Å². The van der Waals surface area contributed by atoms with Crippen LogP contribution in [0.25, 0.3) is 28.1 Å². The SMILES string of the molecule is COC(=O)Cc1ccc(-c2cccc(C(Cc3ccccc3)c3ccc(-c4cc(Cl)ccc4-n4cnnn4)c[n+]3[O-])n2)cc1. The van der Waals surface area contributed by atoms with E-state index in [2.05, 4.69) is 15.5 Å². The summed E-state index contributed by atoms with van der Waals surface area (Å²) in [6.45, 7) is 0. The molecule has 6 aromatic rings. The first-order valence-corrected chi connectivity index (χ1v) is 14.3. The molecule has 0 spiro atoms. The molecule has 0 amide bonds. The number of nitrogens with zero attached hydrogens (tertiary/aromatic N) is 6. The number of carbonyl (C=O) groups is 1. The third kappa shape index (κ3) is 6.33. The Balaban J connectivity index is 1.38. The van der Waals surface area contributed by atoms with E-state index in [-0.39, 0.29) is 18.3 Å². The van der Waals surface area contributed by atoms with Gasteiger partial charge in [-0.15, -0.1) is 5.10 Å². The molecule has 9 nitrogen and oxygen atoms in total. The van der Waals surface area contributed by atoms with Gasteiger partial charge in [-0.1, -0.05) is 72.3 Å². The number of hydrogen-bond acceptors (Lipinski definition) is 7. The van der Waals surface area contributed by atoms with Crippen molar-refractivity contribution < 1.29 is 14.3 Å². The molecule has 0 saturated heterocycles. The number of esters is 1. The quantitative estimate of drug-likeness (QED) is 0.117. The highest BCUT2D eigenvalue weighted by molar-refractivity contribution is 6.31. The summed E-state index contributed by atoms with van der Waals surface area (Å²) < 4.78 is 7.22. The van der Waals surface area contributed by atoms with Crippen LogP contribution in [0.4, 0.5) is 0 Å². The molecule has 3 heterocycles. The van der Waals surface area contributed by atoms with Crippen LogP contribution in [0.15, 0.2) is 116 Å². The molecule has 6 rings (SSSR count). The summed E-state index contributed by atoms with van der Waals surface area (Å²) in [4.78, 5) is 16.7. The summed E-state index contributed by atoms with van der Waals surface area (Å²) >= 11 is 6.35. The van der Waals surface area contributed by atoms with E-state index in [1.54, 1.807) is 18.3 Å². The Morgan fingerprint density at radius 3 is 2.45 bits per heavy atom. The zero-order valence-corrected chi connectivity index (χ0v) is 24.5. The van der Waals surface area contributed by atoms with Gasteiger partial charge in [0.1, 0.15) is 6.33 Å². The Labute approximate surface area is 259 Å². The highest BCUT2D eigenvalue weighted by Crippen LogP contribution is 2.32. The van der Waals surface area contributed by atoms with Gasteiger partial charge < -0.3 is 9.94 Å². The number of hydrogen-bond donors (Lipinski definition) is 0. The monoisotopic (exact) mass is 602 g/mol. The molecular weight excluding hydrogens is 576 g/mol. The van der Waals surface area contributed by atoms with Crippen LogP contribution >= 0.6 is 11.6 Å². The Morgan fingerprint density at radius 2 is 1.73 bits per heavy atom. The number of aromatic nitrogens is 6. The predicted octanol–water partition coefficient (Wildman–Crippen LogP) is 5.77. The Bertz CT molecular complexity index is 1900. The topological polar surface area (TPSA) is 110 Å². The van der Waals surface area contributed by atoms with E-state index in [0.717, 1.165) is 38.4 Å². The predicted molar refractivity (Wildman–Crippen MR) is 166 cm³/mol. The van der Waals surface area contributed by atoms with E-state index < -0.39 is 0 Å². The van der Waals surface area contributed by atoms with Gasteiger partial charge in [0, 0.05) is 27.8 Å². The largest absolute Gasteiger partial charge is 0.618 e. The molecular formula is C34H27ClN6O3. The first-order chi connectivity index (χ1) is 21.5. The summed E-state index contributed by atoms with van der Waals surface area (Å²) in [5, 5.41) is 25.8. The molecule has 1 atom stereocenters. The van der Waals surface area contributed by atoms with Crippen LogP contribution in [0.5, 0.6) is 0 Å². The minimum absolute atomic E-state index is 0.204. The van der Waals surface area contributed by atoms with E-state index in [1.807, 2.05) is 91.0 Å². The molecule has 218 valence electrons. The number of pyridine rings is 2. The lowest BCUT2D eigenvalue weighted by Gasteiger charge is -2.18. The van der Waals surface area contributed by atoms with Crippen molar-refractivity contribution in [2.75, 3.05) is 7.11 Å². The molecule has 0 saturated carbocycles. The maximum absolute atomic E-state index is 13.8. The van der Waals surface area contributed by atoms with Crippen molar-refractivity contribution in [2.24, 2.45) is 0 Å². The molecule has 3 aromatic carbocycles. The fourth-order valence-electron chi connectivity index (χ4n) is 5.18. The molecule has 0 aliphatic heterocycles. The Kier molecular flexibility index (Phi) is 8.38. The molecule has 0 fully saturated rings. The van der Waals surface area contributed by atoms with Gasteiger partial charge in [0.15, 0.2) is 6.20 Å². The van der Waals surface area contributed by atoms with Crippen LogP contribution in [0.2, 0.25) is 5.02 Å². The van der Waals surface area contributed by atoms with Crippen LogP contribution in [0.1, 0.15) is 28.4 Å². The number of carbonyl (C=O) groups excluding carboxylic acids is 1. The van der Waals surface area contributed by atoms with Crippen molar-refractivity contribution in [1.29, 1.82) is 0 Å². The third-order valence-corrected chi connectivity index (χ3v) is 7.64. The molecule has 44 heavy (non-hydrogen) atoms. The van der Waals surface area contributed by atoms with Crippen LogP contribution < -0.4 is 4.73 Å². The second kappa shape index (κ2) is 12.8. The van der Waals surface area contributed by atoms with Crippen molar-refractivity contribution in [3.63, 3.8) is 0 Å². The Morgan fingerprint density at radius 1 is 0.932 bits per heavy atom. The number of tetrazole rings is 1. The smallest absolute Gasteiger partial charge is 0.309 e. The molecule has 0 radical (unpaired) electrons. The third-order valence-electron chi connectivity index (χ3n) is 7.40. The van der Waals surface area contributed by atoms with Crippen molar-refractivity contribution in [3.05, 3.63) is 148 Å². The van der Waals surface area contributed by atoms with Crippen LogP contribution in [-0.2, 0) is 22.4 Å². The molecule has 0 aliphatic carbocycles. The van der Waals surface area contributed by atoms with Crippen molar-refractivity contribution in [3.8, 4) is 28.1 Å². The molecule has 1 unspecified atom stereocenters. The molecule has 10 heteroatoms. The van der Waals surface area contributed by atoms with Gasteiger partial charge in [-0.05, 0) is 64.4 Å². The van der Waals surface area contributed by atoms with Crippen molar-refractivity contribution >= 4 is 17.6 Å². The standard InChI is InChI=1S/C34H27ClN6O3/c1-44-34(42)19-24-10-12-25(13-11-24)30-8-5-9-31(37-30)29(18-23-6-3-2-4-7-23)33-16-14-26(21-41(33)43)28-20-27(35)15-17-32(28)40-22-36-38-39-40/h2-17,20-22,29H,18-19H2,1H3. The zero-order chi connectivity index (χ0) is 30.5. The fraction of sp³-hybridized carbons (Fsp3) is 0.118. The van der Waals surface area contributed by atoms with E-state index in [0.29, 0.717) is 28.4 Å². The van der Waals surface area contributed by atoms with Gasteiger partial charge in [-0.2, -0.15) is 9.41 Å². The minimum atomic E-state index is -0.333. The van der Waals surface area contributed by atoms with Crippen LogP contribution in [-0.4, -0.2) is 38.3 Å².